The summed E-state index contributed by atoms with van der Waals surface area (Å²) in [5.41, 5.74) is 10.5. The van der Waals surface area contributed by atoms with Crippen LogP contribution in [-0.4, -0.2) is 24.1 Å². The average Bonchev–Trinajstić information content (AvgIpc) is 3.67. The summed E-state index contributed by atoms with van der Waals surface area (Å²) in [5.74, 6) is 0.656. The molecule has 0 bridgehead atoms. The Kier molecular flexibility index (Phi) is 5.81. The second-order valence-electron chi connectivity index (χ2n) is 12.1. The molecule has 5 heteroatoms. The van der Waals surface area contributed by atoms with Crippen molar-refractivity contribution in [2.24, 2.45) is 0 Å². The molecule has 6 aromatic carbocycles. The molecule has 224 valence electrons. The minimum Gasteiger partial charge on any atom is -0.294 e. The monoisotopic (exact) mass is 613 g/mol. The maximum absolute atomic E-state index is 5.27. The van der Waals surface area contributed by atoms with Crippen LogP contribution in [0.3, 0.4) is 0 Å². The van der Waals surface area contributed by atoms with Gasteiger partial charge in [0.25, 0.3) is 0 Å². The van der Waals surface area contributed by atoms with Crippen molar-refractivity contribution >= 4 is 54.6 Å². The van der Waals surface area contributed by atoms with Crippen LogP contribution in [0.25, 0.3) is 88.7 Å². The van der Waals surface area contributed by atoms with Crippen molar-refractivity contribution in [3.63, 3.8) is 0 Å². The van der Waals surface area contributed by atoms with Crippen molar-refractivity contribution in [2.45, 2.75) is 0 Å². The molecule has 10 rings (SSSR count). The zero-order valence-corrected chi connectivity index (χ0v) is 25.8. The molecule has 5 nitrogen and oxygen atoms in total. The highest BCUT2D eigenvalue weighted by atomic mass is 15.2. The number of nitrogens with zero attached hydrogens (tertiary/aromatic N) is 5. The number of aromatic nitrogens is 5. The van der Waals surface area contributed by atoms with Crippen molar-refractivity contribution < 1.29 is 0 Å². The van der Waals surface area contributed by atoms with Crippen molar-refractivity contribution in [2.75, 3.05) is 0 Å². The Bertz CT molecular complexity index is 2830. The van der Waals surface area contributed by atoms with Crippen LogP contribution in [0, 0.1) is 0 Å². The molecule has 0 radical (unpaired) electrons. The molecule has 0 saturated heterocycles. The highest BCUT2D eigenvalue weighted by Gasteiger charge is 2.19. The molecule has 0 atom stereocenters. The zero-order chi connectivity index (χ0) is 31.6. The van der Waals surface area contributed by atoms with E-state index in [1.54, 1.807) is 0 Å². The highest BCUT2D eigenvalue weighted by molar-refractivity contribution is 6.12. The molecule has 4 aromatic heterocycles. The molecule has 10 aromatic rings. The van der Waals surface area contributed by atoms with E-state index in [2.05, 4.69) is 143 Å². The fourth-order valence-corrected chi connectivity index (χ4v) is 7.21. The molecule has 0 unspecified atom stereocenters. The average molecular weight is 614 g/mol. The Hall–Kier alpha value is -6.59. The van der Waals surface area contributed by atoms with E-state index in [1.165, 1.54) is 16.2 Å². The molecule has 4 heterocycles. The predicted molar refractivity (Wildman–Crippen MR) is 197 cm³/mol. The van der Waals surface area contributed by atoms with E-state index in [4.69, 9.17) is 15.0 Å². The molecule has 0 amide bonds. The highest BCUT2D eigenvalue weighted by Crippen LogP contribution is 2.38. The maximum Gasteiger partial charge on any atom is 0.235 e. The van der Waals surface area contributed by atoms with Crippen molar-refractivity contribution in [3.05, 3.63) is 164 Å². The van der Waals surface area contributed by atoms with E-state index in [-0.39, 0.29) is 0 Å². The summed E-state index contributed by atoms with van der Waals surface area (Å²) in [5, 5.41) is 5.67. The Balaban J connectivity index is 1.22. The van der Waals surface area contributed by atoms with Gasteiger partial charge in [-0.05, 0) is 65.7 Å². The van der Waals surface area contributed by atoms with Gasteiger partial charge in [0, 0.05) is 44.4 Å². The second-order valence-corrected chi connectivity index (χ2v) is 12.1. The second kappa shape index (κ2) is 10.5. The van der Waals surface area contributed by atoms with E-state index in [0.29, 0.717) is 5.95 Å². The molecule has 0 N–H and O–H groups in total. The number of rotatable bonds is 4. The van der Waals surface area contributed by atoms with Gasteiger partial charge in [-0.1, -0.05) is 103 Å². The van der Waals surface area contributed by atoms with Crippen molar-refractivity contribution in [3.8, 4) is 34.0 Å². The first-order valence-corrected chi connectivity index (χ1v) is 16.1. The Labute approximate surface area is 276 Å². The van der Waals surface area contributed by atoms with Crippen LogP contribution < -0.4 is 0 Å². The molecule has 0 fully saturated rings. The summed E-state index contributed by atoms with van der Waals surface area (Å²) in [6, 6.07) is 55.3. The number of hydrogen-bond acceptors (Lipinski definition) is 3. The van der Waals surface area contributed by atoms with Crippen LogP contribution in [-0.2, 0) is 0 Å². The molecule has 0 aliphatic rings. The van der Waals surface area contributed by atoms with Gasteiger partial charge < -0.3 is 0 Å². The van der Waals surface area contributed by atoms with E-state index in [9.17, 15) is 0 Å². The normalized spacial score (nSPS) is 11.8. The maximum atomic E-state index is 5.27. The largest absolute Gasteiger partial charge is 0.294 e. The molecule has 0 aliphatic heterocycles. The summed E-state index contributed by atoms with van der Waals surface area (Å²) in [4.78, 5) is 15.2. The van der Waals surface area contributed by atoms with Gasteiger partial charge in [0.05, 0.1) is 27.8 Å². The Morgan fingerprint density at radius 2 is 1.06 bits per heavy atom. The van der Waals surface area contributed by atoms with Gasteiger partial charge in [0.2, 0.25) is 5.95 Å². The van der Waals surface area contributed by atoms with Gasteiger partial charge in [-0.25, -0.2) is 15.0 Å². The van der Waals surface area contributed by atoms with Crippen LogP contribution in [0.15, 0.2) is 164 Å². The first kappa shape index (κ1) is 26.6. The van der Waals surface area contributed by atoms with Gasteiger partial charge in [-0.3, -0.25) is 9.13 Å². The third kappa shape index (κ3) is 4.01. The lowest BCUT2D eigenvalue weighted by atomic mass is 10.0. The molecule has 48 heavy (non-hydrogen) atoms. The van der Waals surface area contributed by atoms with E-state index >= 15 is 0 Å². The lowest BCUT2D eigenvalue weighted by Gasteiger charge is -2.12. The first-order chi connectivity index (χ1) is 23.8. The summed E-state index contributed by atoms with van der Waals surface area (Å²) >= 11 is 0. The number of hydrogen-bond donors (Lipinski definition) is 0. The van der Waals surface area contributed by atoms with Gasteiger partial charge in [-0.2, -0.15) is 0 Å². The smallest absolute Gasteiger partial charge is 0.235 e. The molecular formula is C43H27N5. The lowest BCUT2D eigenvalue weighted by molar-refractivity contribution is 1.01. The quantitative estimate of drug-likeness (QED) is 0.198. The van der Waals surface area contributed by atoms with Crippen molar-refractivity contribution in [1.29, 1.82) is 0 Å². The summed E-state index contributed by atoms with van der Waals surface area (Å²) in [6.07, 6.45) is 1.87. The summed E-state index contributed by atoms with van der Waals surface area (Å²) in [7, 11) is 0. The number of pyridine rings is 1. The minimum atomic E-state index is 0.656. The van der Waals surface area contributed by atoms with Crippen LogP contribution in [0.2, 0.25) is 0 Å². The standard InChI is InChI=1S/C43H27N5/c1-3-12-28(13-4-1)41-35-17-7-9-19-37(35)45-43(46-41)48-38-20-10-8-16-32(38)33-23-21-30(27-40(33)48)29-22-24-39-36(26-29)34-18-11-25-44-42(34)47(39)31-14-5-2-6-15-31/h1-27H. The van der Waals surface area contributed by atoms with Gasteiger partial charge >= 0.3 is 0 Å². The van der Waals surface area contributed by atoms with E-state index in [1.807, 2.05) is 30.5 Å². The van der Waals surface area contributed by atoms with Crippen molar-refractivity contribution in [1.82, 2.24) is 24.1 Å². The Morgan fingerprint density at radius 3 is 1.94 bits per heavy atom. The number of benzene rings is 6. The molecule has 0 spiro atoms. The van der Waals surface area contributed by atoms with E-state index in [0.717, 1.165) is 66.6 Å². The lowest BCUT2D eigenvalue weighted by Crippen LogP contribution is -2.03. The fourth-order valence-electron chi connectivity index (χ4n) is 7.21. The van der Waals surface area contributed by atoms with Gasteiger partial charge in [-0.15, -0.1) is 0 Å². The first-order valence-electron chi connectivity index (χ1n) is 16.1. The van der Waals surface area contributed by atoms with Crippen LogP contribution >= 0.6 is 0 Å². The number of fused-ring (bicyclic) bond motifs is 7. The predicted octanol–water partition coefficient (Wildman–Crippen LogP) is 10.6. The minimum absolute atomic E-state index is 0.656. The Morgan fingerprint density at radius 1 is 0.396 bits per heavy atom. The SMILES string of the molecule is c1ccc(-c2nc(-n3c4ccccc4c4ccc(-c5ccc6c(c5)c5cccnc5n6-c5ccccc5)cc43)nc3ccccc23)cc1. The van der Waals surface area contributed by atoms with Gasteiger partial charge in [0.1, 0.15) is 5.65 Å². The zero-order valence-electron chi connectivity index (χ0n) is 25.8. The summed E-state index contributed by atoms with van der Waals surface area (Å²) < 4.78 is 4.47. The topological polar surface area (TPSA) is 48.5 Å². The number of para-hydroxylation sites is 3. The van der Waals surface area contributed by atoms with Crippen LogP contribution in [0.1, 0.15) is 0 Å². The fraction of sp³-hybridized carbons (Fsp3) is 0. The molecule has 0 saturated carbocycles. The van der Waals surface area contributed by atoms with Crippen LogP contribution in [0.4, 0.5) is 0 Å². The molecular weight excluding hydrogens is 587 g/mol. The third-order valence-corrected chi connectivity index (χ3v) is 9.39. The van der Waals surface area contributed by atoms with E-state index < -0.39 is 0 Å². The van der Waals surface area contributed by atoms with Gasteiger partial charge in [0.15, 0.2) is 0 Å². The van der Waals surface area contributed by atoms with Crippen LogP contribution in [0.5, 0.6) is 0 Å². The third-order valence-electron chi connectivity index (χ3n) is 9.39. The summed E-state index contributed by atoms with van der Waals surface area (Å²) in [6.45, 7) is 0. The molecule has 0 aliphatic carbocycles.